The molecule has 0 bridgehead atoms. The van der Waals surface area contributed by atoms with Crippen LogP contribution in [0.5, 0.6) is 5.75 Å². The molecule has 1 fully saturated rings. The maximum Gasteiger partial charge on any atom is 0.243 e. The maximum atomic E-state index is 12.9. The quantitative estimate of drug-likeness (QED) is 0.728. The van der Waals surface area contributed by atoms with Crippen LogP contribution in [0.3, 0.4) is 0 Å². The van der Waals surface area contributed by atoms with Crippen molar-refractivity contribution in [3.05, 3.63) is 23.2 Å². The predicted octanol–water partition coefficient (Wildman–Crippen LogP) is 2.67. The van der Waals surface area contributed by atoms with Crippen LogP contribution in [0.25, 0.3) is 0 Å². The zero-order chi connectivity index (χ0) is 18.4. The zero-order valence-electron chi connectivity index (χ0n) is 14.6. The molecule has 25 heavy (non-hydrogen) atoms. The normalized spacial score (nSPS) is 18.8. The Morgan fingerprint density at radius 2 is 2.20 bits per heavy atom. The van der Waals surface area contributed by atoms with Gasteiger partial charge in [0.2, 0.25) is 15.9 Å². The zero-order valence-corrected chi connectivity index (χ0v) is 16.2. The molecule has 1 heterocycles. The van der Waals surface area contributed by atoms with Gasteiger partial charge >= 0.3 is 0 Å². The summed E-state index contributed by atoms with van der Waals surface area (Å²) in [5.41, 5.74) is 0. The number of nitrogens with zero attached hydrogens (tertiary/aromatic N) is 1. The summed E-state index contributed by atoms with van der Waals surface area (Å²) in [7, 11) is -2.21. The average molecular weight is 389 g/mol. The van der Waals surface area contributed by atoms with Crippen molar-refractivity contribution in [3.63, 3.8) is 0 Å². The number of sulfonamides is 1. The van der Waals surface area contributed by atoms with Crippen LogP contribution in [0.15, 0.2) is 23.1 Å². The number of carbonyl (C=O) groups excluding carboxylic acids is 1. The van der Waals surface area contributed by atoms with E-state index in [1.54, 1.807) is 0 Å². The molecule has 1 aliphatic heterocycles. The highest BCUT2D eigenvalue weighted by atomic mass is 35.5. The molecule has 1 atom stereocenters. The Balaban J connectivity index is 2.11. The third-order valence-corrected chi connectivity index (χ3v) is 6.50. The van der Waals surface area contributed by atoms with Crippen LogP contribution in [0.2, 0.25) is 5.02 Å². The summed E-state index contributed by atoms with van der Waals surface area (Å²) < 4.78 is 32.2. The number of ether oxygens (including phenoxy) is 1. The minimum atomic E-state index is -3.69. The van der Waals surface area contributed by atoms with Crippen molar-refractivity contribution in [2.75, 3.05) is 26.7 Å². The van der Waals surface area contributed by atoms with E-state index in [0.717, 1.165) is 12.8 Å². The lowest BCUT2D eigenvalue weighted by molar-refractivity contribution is -0.126. The van der Waals surface area contributed by atoms with E-state index in [1.807, 2.05) is 0 Å². The van der Waals surface area contributed by atoms with Crippen molar-refractivity contribution in [3.8, 4) is 5.75 Å². The second-order valence-corrected chi connectivity index (χ2v) is 8.49. The van der Waals surface area contributed by atoms with Gasteiger partial charge in [-0.3, -0.25) is 4.79 Å². The molecule has 0 aromatic heterocycles. The van der Waals surface area contributed by atoms with Crippen molar-refractivity contribution in [2.45, 2.75) is 37.5 Å². The summed E-state index contributed by atoms with van der Waals surface area (Å²) in [6, 6.07) is 4.40. The minimum absolute atomic E-state index is 0.0684. The van der Waals surface area contributed by atoms with Gasteiger partial charge in [-0.15, -0.1) is 0 Å². The molecule has 2 rings (SSSR count). The van der Waals surface area contributed by atoms with E-state index in [0.29, 0.717) is 31.7 Å². The fraction of sp³-hybridized carbons (Fsp3) is 0.588. The fourth-order valence-corrected chi connectivity index (χ4v) is 4.74. The Bertz CT molecular complexity index is 709. The van der Waals surface area contributed by atoms with Crippen molar-refractivity contribution >= 4 is 27.5 Å². The van der Waals surface area contributed by atoms with Crippen molar-refractivity contribution in [1.82, 2.24) is 9.62 Å². The Hall–Kier alpha value is -1.31. The SMILES string of the molecule is CCCCNC(=O)[C@@H]1CCCN(S(=O)(=O)c2ccc(OC)c(Cl)c2)C1. The first-order valence-electron chi connectivity index (χ1n) is 8.51. The monoisotopic (exact) mass is 388 g/mol. The lowest BCUT2D eigenvalue weighted by atomic mass is 9.99. The number of halogens is 1. The van der Waals surface area contributed by atoms with E-state index in [-0.39, 0.29) is 28.3 Å². The second-order valence-electron chi connectivity index (χ2n) is 6.14. The number of hydrogen-bond acceptors (Lipinski definition) is 4. The first-order valence-corrected chi connectivity index (χ1v) is 10.3. The third kappa shape index (κ3) is 4.86. The summed E-state index contributed by atoms with van der Waals surface area (Å²) in [6.45, 7) is 3.29. The molecule has 8 heteroatoms. The van der Waals surface area contributed by atoms with Gasteiger partial charge in [0.15, 0.2) is 0 Å². The molecule has 1 N–H and O–H groups in total. The topological polar surface area (TPSA) is 75.7 Å². The predicted molar refractivity (Wildman–Crippen MR) is 97.4 cm³/mol. The lowest BCUT2D eigenvalue weighted by Crippen LogP contribution is -2.45. The molecule has 1 aromatic carbocycles. The number of benzene rings is 1. The first kappa shape index (κ1) is 20.0. The van der Waals surface area contributed by atoms with Crippen LogP contribution in [-0.2, 0) is 14.8 Å². The summed E-state index contributed by atoms with van der Waals surface area (Å²) in [6.07, 6.45) is 3.29. The Kier molecular flexibility index (Phi) is 7.10. The van der Waals surface area contributed by atoms with Crippen molar-refractivity contribution in [1.29, 1.82) is 0 Å². The molecular weight excluding hydrogens is 364 g/mol. The van der Waals surface area contributed by atoms with E-state index in [4.69, 9.17) is 16.3 Å². The summed E-state index contributed by atoms with van der Waals surface area (Å²) in [5.74, 6) is 0.0441. The van der Waals surface area contributed by atoms with Gasteiger partial charge in [0.1, 0.15) is 5.75 Å². The molecule has 1 aromatic rings. The highest BCUT2D eigenvalue weighted by Crippen LogP contribution is 2.30. The maximum absolute atomic E-state index is 12.9. The third-order valence-electron chi connectivity index (χ3n) is 4.35. The highest BCUT2D eigenvalue weighted by molar-refractivity contribution is 7.89. The molecule has 0 aliphatic carbocycles. The number of piperidine rings is 1. The minimum Gasteiger partial charge on any atom is -0.495 e. The van der Waals surface area contributed by atoms with Crippen LogP contribution < -0.4 is 10.1 Å². The van der Waals surface area contributed by atoms with Crippen LogP contribution in [0, 0.1) is 5.92 Å². The number of rotatable bonds is 7. The molecule has 1 aliphatic rings. The number of hydrogen-bond donors (Lipinski definition) is 1. The smallest absolute Gasteiger partial charge is 0.243 e. The molecule has 1 saturated heterocycles. The van der Waals surface area contributed by atoms with Gasteiger partial charge in [-0.1, -0.05) is 24.9 Å². The molecular formula is C17H25ClN2O4S. The van der Waals surface area contributed by atoms with Crippen LogP contribution in [0.4, 0.5) is 0 Å². The standard InChI is InChI=1S/C17H25ClN2O4S/c1-3-4-9-19-17(21)13-6-5-10-20(12-13)25(22,23)14-7-8-16(24-2)15(18)11-14/h7-8,11,13H,3-6,9-10,12H2,1-2H3,(H,19,21)/t13-/m1/s1. The molecule has 140 valence electrons. The Morgan fingerprint density at radius 3 is 2.84 bits per heavy atom. The van der Waals surface area contributed by atoms with Gasteiger partial charge in [0, 0.05) is 19.6 Å². The molecule has 0 radical (unpaired) electrons. The fourth-order valence-electron chi connectivity index (χ4n) is 2.86. The van der Waals surface area contributed by atoms with Gasteiger partial charge < -0.3 is 10.1 Å². The number of unbranched alkanes of at least 4 members (excludes halogenated alkanes) is 1. The number of amides is 1. The number of methoxy groups -OCH3 is 1. The van der Waals surface area contributed by atoms with Crippen molar-refractivity contribution in [2.24, 2.45) is 5.92 Å². The molecule has 6 nitrogen and oxygen atoms in total. The molecule has 0 saturated carbocycles. The first-order chi connectivity index (χ1) is 11.9. The van der Waals surface area contributed by atoms with E-state index in [9.17, 15) is 13.2 Å². The van der Waals surface area contributed by atoms with Crippen LogP contribution in [0.1, 0.15) is 32.6 Å². The van der Waals surface area contributed by atoms with Gasteiger partial charge in [0.25, 0.3) is 0 Å². The Morgan fingerprint density at radius 1 is 1.44 bits per heavy atom. The largest absolute Gasteiger partial charge is 0.495 e. The van der Waals surface area contributed by atoms with Gasteiger partial charge in [-0.2, -0.15) is 4.31 Å². The summed E-state index contributed by atoms with van der Waals surface area (Å²) in [4.78, 5) is 12.4. The van der Waals surface area contributed by atoms with E-state index in [1.165, 1.54) is 29.6 Å². The van der Waals surface area contributed by atoms with Gasteiger partial charge in [-0.25, -0.2) is 8.42 Å². The second kappa shape index (κ2) is 8.87. The molecule has 0 unspecified atom stereocenters. The van der Waals surface area contributed by atoms with E-state index < -0.39 is 10.0 Å². The molecule has 0 spiro atoms. The lowest BCUT2D eigenvalue weighted by Gasteiger charge is -2.31. The average Bonchev–Trinajstić information content (AvgIpc) is 2.61. The van der Waals surface area contributed by atoms with Gasteiger partial charge in [0.05, 0.1) is 22.9 Å². The van der Waals surface area contributed by atoms with Crippen LogP contribution in [-0.4, -0.2) is 45.4 Å². The van der Waals surface area contributed by atoms with E-state index >= 15 is 0 Å². The van der Waals surface area contributed by atoms with Crippen LogP contribution >= 0.6 is 11.6 Å². The molecule has 1 amide bonds. The Labute approximate surface area is 154 Å². The summed E-state index contributed by atoms with van der Waals surface area (Å²) in [5, 5.41) is 3.14. The van der Waals surface area contributed by atoms with Gasteiger partial charge in [-0.05, 0) is 37.5 Å². The summed E-state index contributed by atoms with van der Waals surface area (Å²) >= 11 is 6.05. The van der Waals surface area contributed by atoms with Crippen molar-refractivity contribution < 1.29 is 17.9 Å². The highest BCUT2D eigenvalue weighted by Gasteiger charge is 2.33. The number of nitrogens with one attached hydrogen (secondary N) is 1. The van der Waals surface area contributed by atoms with E-state index in [2.05, 4.69) is 12.2 Å². The number of carbonyl (C=O) groups is 1.